The normalized spacial score (nSPS) is 28.8. The summed E-state index contributed by atoms with van der Waals surface area (Å²) in [5.74, 6) is 0.598. The van der Waals surface area contributed by atoms with E-state index in [4.69, 9.17) is 0 Å². The lowest BCUT2D eigenvalue weighted by atomic mass is 9.79. The summed E-state index contributed by atoms with van der Waals surface area (Å²) >= 11 is 0. The number of carbonyl (C=O) groups excluding carboxylic acids is 1. The summed E-state index contributed by atoms with van der Waals surface area (Å²) in [7, 11) is 0. The van der Waals surface area contributed by atoms with Gasteiger partial charge in [-0.2, -0.15) is 9.78 Å². The van der Waals surface area contributed by atoms with Gasteiger partial charge in [0, 0.05) is 23.8 Å². The molecule has 2 atom stereocenters. The number of rotatable bonds is 2. The van der Waals surface area contributed by atoms with Gasteiger partial charge in [0.25, 0.3) is 0 Å². The minimum atomic E-state index is -0.125. The summed E-state index contributed by atoms with van der Waals surface area (Å²) in [6, 6.07) is 8.75. The highest BCUT2D eigenvalue weighted by molar-refractivity contribution is 5.78. The average Bonchev–Trinajstić information content (AvgIpc) is 3.09. The van der Waals surface area contributed by atoms with Crippen molar-refractivity contribution in [3.05, 3.63) is 42.2 Å². The second-order valence-electron chi connectivity index (χ2n) is 7.13. The number of aromatic nitrogens is 2. The highest BCUT2D eigenvalue weighted by atomic mass is 16.2. The molecule has 1 amide bonds. The van der Waals surface area contributed by atoms with Crippen LogP contribution in [0.5, 0.6) is 0 Å². The number of piperidine rings is 3. The number of benzene rings is 1. The molecular formula is C19H24N4O. The van der Waals surface area contributed by atoms with Crippen molar-refractivity contribution in [3.63, 3.8) is 0 Å². The zero-order valence-corrected chi connectivity index (χ0v) is 14.3. The smallest absolute Gasteiger partial charge is 0.332 e. The van der Waals surface area contributed by atoms with Gasteiger partial charge in [-0.05, 0) is 51.3 Å². The number of nitrogens with one attached hydrogen (secondary N) is 1. The molecule has 126 valence electrons. The van der Waals surface area contributed by atoms with Crippen LogP contribution in [-0.2, 0) is 0 Å². The van der Waals surface area contributed by atoms with E-state index < -0.39 is 0 Å². The predicted molar refractivity (Wildman–Crippen MR) is 93.9 cm³/mol. The first kappa shape index (κ1) is 15.4. The zero-order chi connectivity index (χ0) is 16.7. The minimum absolute atomic E-state index is 0.125. The fourth-order valence-electron chi connectivity index (χ4n) is 4.16. The second-order valence-corrected chi connectivity index (χ2v) is 7.13. The Hall–Kier alpha value is -2.14. The lowest BCUT2D eigenvalue weighted by molar-refractivity contribution is 0.0266. The largest absolute Gasteiger partial charge is 0.342 e. The molecule has 3 saturated heterocycles. The summed E-state index contributed by atoms with van der Waals surface area (Å²) in [5, 5.41) is 7.48. The van der Waals surface area contributed by atoms with Crippen molar-refractivity contribution in [1.82, 2.24) is 20.0 Å². The fraction of sp³-hybridized carbons (Fsp3) is 0.474. The van der Waals surface area contributed by atoms with Crippen molar-refractivity contribution in [2.75, 3.05) is 13.1 Å². The summed E-state index contributed by atoms with van der Waals surface area (Å²) in [5.41, 5.74) is 3.26. The molecular weight excluding hydrogens is 300 g/mol. The maximum atomic E-state index is 12.6. The molecule has 1 N–H and O–H groups in total. The van der Waals surface area contributed by atoms with E-state index in [0.29, 0.717) is 12.0 Å². The van der Waals surface area contributed by atoms with Gasteiger partial charge in [0.2, 0.25) is 0 Å². The molecule has 2 aromatic rings. The lowest BCUT2D eigenvalue weighted by Gasteiger charge is -2.49. The van der Waals surface area contributed by atoms with Gasteiger partial charge in [0.05, 0.1) is 6.20 Å². The van der Waals surface area contributed by atoms with Crippen LogP contribution in [0.25, 0.3) is 11.1 Å². The van der Waals surface area contributed by atoms with E-state index in [-0.39, 0.29) is 12.1 Å². The van der Waals surface area contributed by atoms with Crippen LogP contribution in [0.4, 0.5) is 4.79 Å². The highest BCUT2D eigenvalue weighted by Gasteiger charge is 2.40. The molecule has 0 saturated carbocycles. The Kier molecular flexibility index (Phi) is 3.88. The first-order valence-corrected chi connectivity index (χ1v) is 8.78. The highest BCUT2D eigenvalue weighted by Crippen LogP contribution is 2.32. The number of hydrogen-bond donors (Lipinski definition) is 1. The summed E-state index contributed by atoms with van der Waals surface area (Å²) in [6.07, 6.45) is 5.94. The maximum Gasteiger partial charge on any atom is 0.342 e. The molecule has 1 aromatic heterocycles. The van der Waals surface area contributed by atoms with Crippen molar-refractivity contribution >= 4 is 6.03 Å². The average molecular weight is 324 g/mol. The van der Waals surface area contributed by atoms with E-state index in [2.05, 4.69) is 41.3 Å². The molecule has 0 unspecified atom stereocenters. The van der Waals surface area contributed by atoms with Gasteiger partial charge in [0.15, 0.2) is 0 Å². The van der Waals surface area contributed by atoms with Gasteiger partial charge >= 0.3 is 6.03 Å². The predicted octanol–water partition coefficient (Wildman–Crippen LogP) is 2.90. The van der Waals surface area contributed by atoms with Gasteiger partial charge < -0.3 is 5.32 Å². The lowest BCUT2D eigenvalue weighted by Crippen LogP contribution is -2.62. The maximum absolute atomic E-state index is 12.6. The number of nitrogens with zero attached hydrogens (tertiary/aromatic N) is 3. The van der Waals surface area contributed by atoms with E-state index in [0.717, 1.165) is 24.2 Å². The monoisotopic (exact) mass is 324 g/mol. The molecule has 3 aliphatic heterocycles. The van der Waals surface area contributed by atoms with Crippen LogP contribution in [0.2, 0.25) is 0 Å². The molecule has 0 aliphatic carbocycles. The Bertz CT molecular complexity index is 743. The molecule has 24 heavy (non-hydrogen) atoms. The Balaban J connectivity index is 1.49. The van der Waals surface area contributed by atoms with Crippen LogP contribution < -0.4 is 5.32 Å². The molecule has 4 heterocycles. The Morgan fingerprint density at radius 3 is 2.75 bits per heavy atom. The summed E-state index contributed by atoms with van der Waals surface area (Å²) in [4.78, 5) is 15.1. The van der Waals surface area contributed by atoms with Crippen molar-refractivity contribution < 1.29 is 4.79 Å². The van der Waals surface area contributed by atoms with Gasteiger partial charge in [-0.25, -0.2) is 4.79 Å². The van der Waals surface area contributed by atoms with Crippen LogP contribution in [0.3, 0.4) is 0 Å². The molecule has 0 radical (unpaired) electrons. The number of fused-ring (bicyclic) bond motifs is 3. The molecule has 5 nitrogen and oxygen atoms in total. The first-order valence-electron chi connectivity index (χ1n) is 8.78. The van der Waals surface area contributed by atoms with Crippen molar-refractivity contribution in [2.24, 2.45) is 5.92 Å². The van der Waals surface area contributed by atoms with Gasteiger partial charge in [-0.15, -0.1) is 0 Å². The molecule has 5 heteroatoms. The van der Waals surface area contributed by atoms with Crippen molar-refractivity contribution in [1.29, 1.82) is 0 Å². The number of amides is 1. The zero-order valence-electron chi connectivity index (χ0n) is 14.3. The van der Waals surface area contributed by atoms with E-state index in [1.54, 1.807) is 6.20 Å². The van der Waals surface area contributed by atoms with E-state index in [9.17, 15) is 4.79 Å². The first-order chi connectivity index (χ1) is 11.6. The van der Waals surface area contributed by atoms with Gasteiger partial charge in [-0.3, -0.25) is 4.90 Å². The number of hydrogen-bond acceptors (Lipinski definition) is 3. The third-order valence-electron chi connectivity index (χ3n) is 5.61. The second kappa shape index (κ2) is 6.06. The summed E-state index contributed by atoms with van der Waals surface area (Å²) in [6.45, 7) is 6.61. The Labute approximate surface area is 142 Å². The number of carbonyl (C=O) groups is 1. The molecule has 5 rings (SSSR count). The third-order valence-corrected chi connectivity index (χ3v) is 5.61. The third kappa shape index (κ3) is 2.73. The topological polar surface area (TPSA) is 50.2 Å². The molecule has 2 bridgehead atoms. The van der Waals surface area contributed by atoms with Crippen molar-refractivity contribution in [3.8, 4) is 11.1 Å². The number of aryl methyl sites for hydroxylation is 1. The van der Waals surface area contributed by atoms with Crippen LogP contribution >= 0.6 is 0 Å². The van der Waals surface area contributed by atoms with Crippen LogP contribution in [0, 0.1) is 12.8 Å². The fourth-order valence-corrected chi connectivity index (χ4v) is 4.16. The van der Waals surface area contributed by atoms with E-state index in [1.165, 1.54) is 23.1 Å². The van der Waals surface area contributed by atoms with E-state index in [1.807, 2.05) is 18.3 Å². The Morgan fingerprint density at radius 2 is 2.04 bits per heavy atom. The van der Waals surface area contributed by atoms with Gasteiger partial charge in [-0.1, -0.05) is 29.8 Å². The molecule has 3 fully saturated rings. The van der Waals surface area contributed by atoms with Crippen molar-refractivity contribution in [2.45, 2.75) is 38.8 Å². The molecule has 0 spiro atoms. The molecule has 1 aromatic carbocycles. The Morgan fingerprint density at radius 1 is 1.25 bits per heavy atom. The SMILES string of the molecule is Cc1cccc(-c2cnn(C(=O)N[C@@H]3C4CCN(CC4)[C@H]3C)c2)c1. The molecule has 3 aliphatic rings. The van der Waals surface area contributed by atoms with Gasteiger partial charge in [0.1, 0.15) is 0 Å². The van der Waals surface area contributed by atoms with Crippen LogP contribution in [0.1, 0.15) is 25.3 Å². The standard InChI is InChI=1S/C19H24N4O/c1-13-4-3-5-16(10-13)17-11-20-23(12-17)19(24)21-18-14(2)22-8-6-15(18)7-9-22/h3-5,10-12,14-15,18H,6-9H2,1-2H3,(H,21,24)/t14-,18-/m0/s1. The summed E-state index contributed by atoms with van der Waals surface area (Å²) < 4.78 is 1.43. The van der Waals surface area contributed by atoms with Crippen LogP contribution in [0.15, 0.2) is 36.7 Å². The van der Waals surface area contributed by atoms with Crippen LogP contribution in [-0.4, -0.2) is 45.9 Å². The van der Waals surface area contributed by atoms with E-state index >= 15 is 0 Å². The minimum Gasteiger partial charge on any atom is -0.332 e. The quantitative estimate of drug-likeness (QED) is 0.924.